The number of halogens is 1. The SMILES string of the molecule is COc1cc2c(cc1OC)-c1n[nH]c(/C=C3\C(=O)Nc4cc(Br)ccc43)c1C2. The Labute approximate surface area is 169 Å². The van der Waals surface area contributed by atoms with Crippen molar-refractivity contribution in [2.45, 2.75) is 6.42 Å². The van der Waals surface area contributed by atoms with E-state index in [4.69, 9.17) is 9.47 Å². The summed E-state index contributed by atoms with van der Waals surface area (Å²) in [6.07, 6.45) is 2.59. The number of aromatic amines is 1. The Kier molecular flexibility index (Phi) is 3.80. The lowest BCUT2D eigenvalue weighted by atomic mass is 10.0. The molecular formula is C21H16BrN3O3. The van der Waals surface area contributed by atoms with Gasteiger partial charge in [-0.25, -0.2) is 0 Å². The van der Waals surface area contributed by atoms with Crippen molar-refractivity contribution in [2.24, 2.45) is 0 Å². The number of anilines is 1. The van der Waals surface area contributed by atoms with Gasteiger partial charge in [0.05, 0.1) is 36.9 Å². The highest BCUT2D eigenvalue weighted by Gasteiger charge is 2.29. The van der Waals surface area contributed by atoms with Crippen molar-refractivity contribution in [3.8, 4) is 22.8 Å². The van der Waals surface area contributed by atoms with Gasteiger partial charge in [-0.3, -0.25) is 9.89 Å². The topological polar surface area (TPSA) is 76.2 Å². The molecule has 0 atom stereocenters. The molecule has 2 aliphatic rings. The van der Waals surface area contributed by atoms with Crippen LogP contribution in [0, 0.1) is 0 Å². The number of H-pyrrole nitrogens is 1. The molecule has 2 aromatic carbocycles. The largest absolute Gasteiger partial charge is 0.493 e. The summed E-state index contributed by atoms with van der Waals surface area (Å²) < 4.78 is 11.8. The minimum atomic E-state index is -0.115. The summed E-state index contributed by atoms with van der Waals surface area (Å²) >= 11 is 3.44. The Morgan fingerprint density at radius 1 is 1.11 bits per heavy atom. The van der Waals surface area contributed by atoms with Crippen LogP contribution in [-0.4, -0.2) is 30.3 Å². The van der Waals surface area contributed by atoms with E-state index in [1.165, 1.54) is 0 Å². The Bertz CT molecular complexity index is 1180. The average Bonchev–Trinajstić information content (AvgIpc) is 3.33. The van der Waals surface area contributed by atoms with Crippen molar-refractivity contribution >= 4 is 39.2 Å². The van der Waals surface area contributed by atoms with E-state index in [0.717, 1.165) is 50.2 Å². The van der Waals surface area contributed by atoms with Crippen molar-refractivity contribution in [1.82, 2.24) is 10.2 Å². The lowest BCUT2D eigenvalue weighted by Gasteiger charge is -2.09. The molecular weight excluding hydrogens is 422 g/mol. The van der Waals surface area contributed by atoms with Crippen LogP contribution in [0.1, 0.15) is 22.4 Å². The van der Waals surface area contributed by atoms with E-state index in [2.05, 4.69) is 31.4 Å². The number of rotatable bonds is 3. The molecule has 28 heavy (non-hydrogen) atoms. The Morgan fingerprint density at radius 3 is 2.68 bits per heavy atom. The number of ether oxygens (including phenoxy) is 2. The van der Waals surface area contributed by atoms with Gasteiger partial charge in [-0.05, 0) is 35.9 Å². The number of hydrogen-bond donors (Lipinski definition) is 2. The molecule has 2 N–H and O–H groups in total. The van der Waals surface area contributed by atoms with Crippen LogP contribution in [0.5, 0.6) is 11.5 Å². The minimum absolute atomic E-state index is 0.115. The molecule has 2 heterocycles. The van der Waals surface area contributed by atoms with E-state index in [1.54, 1.807) is 14.2 Å². The van der Waals surface area contributed by atoms with Gasteiger partial charge in [0, 0.05) is 27.6 Å². The van der Waals surface area contributed by atoms with Crippen molar-refractivity contribution < 1.29 is 14.3 Å². The maximum Gasteiger partial charge on any atom is 0.256 e. The number of nitrogens with one attached hydrogen (secondary N) is 2. The first kappa shape index (κ1) is 17.1. The molecule has 0 radical (unpaired) electrons. The number of carbonyl (C=O) groups is 1. The van der Waals surface area contributed by atoms with Crippen LogP contribution in [0.3, 0.4) is 0 Å². The quantitative estimate of drug-likeness (QED) is 0.469. The van der Waals surface area contributed by atoms with Gasteiger partial charge in [0.25, 0.3) is 5.91 Å². The van der Waals surface area contributed by atoms with Gasteiger partial charge in [0.1, 0.15) is 0 Å². The fourth-order valence-corrected chi connectivity index (χ4v) is 4.19. The molecule has 140 valence electrons. The fraction of sp³-hybridized carbons (Fsp3) is 0.143. The Hall–Kier alpha value is -3.06. The smallest absolute Gasteiger partial charge is 0.256 e. The molecule has 3 aromatic rings. The normalized spacial score (nSPS) is 15.2. The highest BCUT2D eigenvalue weighted by atomic mass is 79.9. The van der Waals surface area contributed by atoms with Crippen LogP contribution >= 0.6 is 15.9 Å². The summed E-state index contributed by atoms with van der Waals surface area (Å²) in [5, 5.41) is 10.5. The van der Waals surface area contributed by atoms with Crippen molar-refractivity contribution in [1.29, 1.82) is 0 Å². The molecule has 1 amide bonds. The van der Waals surface area contributed by atoms with E-state index in [1.807, 2.05) is 36.4 Å². The molecule has 0 saturated heterocycles. The third-order valence-electron chi connectivity index (χ3n) is 5.18. The second-order valence-electron chi connectivity index (χ2n) is 6.71. The average molecular weight is 438 g/mol. The molecule has 6 nitrogen and oxygen atoms in total. The second-order valence-corrected chi connectivity index (χ2v) is 7.62. The van der Waals surface area contributed by atoms with E-state index in [-0.39, 0.29) is 5.91 Å². The molecule has 0 saturated carbocycles. The predicted octanol–water partition coefficient (Wildman–Crippen LogP) is 4.25. The third-order valence-corrected chi connectivity index (χ3v) is 5.68. The Balaban J connectivity index is 1.59. The zero-order chi connectivity index (χ0) is 19.4. The number of carbonyl (C=O) groups excluding carboxylic acids is 1. The van der Waals surface area contributed by atoms with Gasteiger partial charge in [0.15, 0.2) is 11.5 Å². The van der Waals surface area contributed by atoms with Gasteiger partial charge < -0.3 is 14.8 Å². The van der Waals surface area contributed by atoms with Crippen molar-refractivity contribution in [3.05, 3.63) is 57.2 Å². The highest BCUT2D eigenvalue weighted by Crippen LogP contribution is 2.44. The lowest BCUT2D eigenvalue weighted by Crippen LogP contribution is -2.03. The summed E-state index contributed by atoms with van der Waals surface area (Å²) in [7, 11) is 3.25. The molecule has 0 unspecified atom stereocenters. The maximum atomic E-state index is 12.5. The summed E-state index contributed by atoms with van der Waals surface area (Å²) in [6, 6.07) is 9.71. The van der Waals surface area contributed by atoms with Crippen LogP contribution in [0.15, 0.2) is 34.8 Å². The molecule has 1 aliphatic heterocycles. The summed E-state index contributed by atoms with van der Waals surface area (Å²) in [5.41, 5.74) is 7.26. The van der Waals surface area contributed by atoms with E-state index < -0.39 is 0 Å². The summed E-state index contributed by atoms with van der Waals surface area (Å²) in [4.78, 5) is 12.5. The molecule has 5 rings (SSSR count). The minimum Gasteiger partial charge on any atom is -0.493 e. The molecule has 1 aliphatic carbocycles. The fourth-order valence-electron chi connectivity index (χ4n) is 3.83. The van der Waals surface area contributed by atoms with E-state index in [0.29, 0.717) is 17.1 Å². The van der Waals surface area contributed by atoms with E-state index >= 15 is 0 Å². The molecule has 0 spiro atoms. The summed E-state index contributed by atoms with van der Waals surface area (Å²) in [5.74, 6) is 1.26. The molecule has 0 fully saturated rings. The summed E-state index contributed by atoms with van der Waals surface area (Å²) in [6.45, 7) is 0. The van der Waals surface area contributed by atoms with E-state index in [9.17, 15) is 4.79 Å². The zero-order valence-corrected chi connectivity index (χ0v) is 16.8. The maximum absolute atomic E-state index is 12.5. The lowest BCUT2D eigenvalue weighted by molar-refractivity contribution is -0.110. The standard InChI is InChI=1S/C21H16BrN3O3/c1-27-18-6-10-5-15-17(24-25-20(15)13(10)9-19(18)28-2)8-14-12-4-3-11(22)7-16(12)23-21(14)26/h3-4,6-9H,5H2,1-2H3,(H,23,26)(H,24,25)/b14-8-. The van der Waals surface area contributed by atoms with Gasteiger partial charge in [0.2, 0.25) is 0 Å². The van der Waals surface area contributed by atoms with Gasteiger partial charge >= 0.3 is 0 Å². The van der Waals surface area contributed by atoms with Crippen molar-refractivity contribution in [2.75, 3.05) is 19.5 Å². The van der Waals surface area contributed by atoms with Crippen LogP contribution in [0.2, 0.25) is 0 Å². The van der Waals surface area contributed by atoms with Crippen LogP contribution in [0.25, 0.3) is 22.9 Å². The van der Waals surface area contributed by atoms with Crippen molar-refractivity contribution in [3.63, 3.8) is 0 Å². The zero-order valence-electron chi connectivity index (χ0n) is 15.2. The molecule has 0 bridgehead atoms. The first-order valence-corrected chi connectivity index (χ1v) is 9.54. The number of aromatic nitrogens is 2. The molecule has 1 aromatic heterocycles. The van der Waals surface area contributed by atoms with Crippen LogP contribution in [0.4, 0.5) is 5.69 Å². The first-order valence-electron chi connectivity index (χ1n) is 8.74. The Morgan fingerprint density at radius 2 is 1.89 bits per heavy atom. The van der Waals surface area contributed by atoms with Gasteiger partial charge in [-0.1, -0.05) is 22.0 Å². The number of nitrogens with zero attached hydrogens (tertiary/aromatic N) is 1. The van der Waals surface area contributed by atoms with Crippen LogP contribution < -0.4 is 14.8 Å². The van der Waals surface area contributed by atoms with Gasteiger partial charge in [-0.2, -0.15) is 5.10 Å². The third kappa shape index (κ3) is 2.46. The second kappa shape index (κ2) is 6.24. The first-order chi connectivity index (χ1) is 13.6. The predicted molar refractivity (Wildman–Crippen MR) is 111 cm³/mol. The monoisotopic (exact) mass is 437 g/mol. The van der Waals surface area contributed by atoms with Crippen LogP contribution in [-0.2, 0) is 11.2 Å². The number of fused-ring (bicyclic) bond motifs is 4. The number of hydrogen-bond acceptors (Lipinski definition) is 4. The number of amides is 1. The highest BCUT2D eigenvalue weighted by molar-refractivity contribution is 9.10. The number of benzene rings is 2. The van der Waals surface area contributed by atoms with Gasteiger partial charge in [-0.15, -0.1) is 0 Å². The number of methoxy groups -OCH3 is 2. The molecule has 7 heteroatoms.